The van der Waals surface area contributed by atoms with Crippen LogP contribution in [0.25, 0.3) is 10.4 Å². The predicted octanol–water partition coefficient (Wildman–Crippen LogP) is 4.38. The fourth-order valence-electron chi connectivity index (χ4n) is 5.65. The van der Waals surface area contributed by atoms with Crippen molar-refractivity contribution in [1.29, 1.82) is 0 Å². The van der Waals surface area contributed by atoms with E-state index in [-0.39, 0.29) is 11.8 Å². The first kappa shape index (κ1) is 30.7. The average molecular weight is 605 g/mol. The smallest absolute Gasteiger partial charge is 0.399 e. The second-order valence-electron chi connectivity index (χ2n) is 11.1. The molecule has 3 aromatic rings. The molecule has 2 aromatic carbocycles. The summed E-state index contributed by atoms with van der Waals surface area (Å²) in [4.78, 5) is 43.5. The Labute approximate surface area is 256 Å². The topological polar surface area (TPSA) is 109 Å². The van der Waals surface area contributed by atoms with Gasteiger partial charge < -0.3 is 25.4 Å². The number of rotatable bonds is 12. The number of nitrogens with one attached hydrogen (secondary N) is 3. The van der Waals surface area contributed by atoms with Crippen LogP contribution >= 0.6 is 11.3 Å². The van der Waals surface area contributed by atoms with Crippen LogP contribution < -0.4 is 20.7 Å². The predicted molar refractivity (Wildman–Crippen MR) is 167 cm³/mol. The molecule has 5 rings (SSSR count). The van der Waals surface area contributed by atoms with Crippen molar-refractivity contribution < 1.29 is 23.9 Å². The van der Waals surface area contributed by atoms with E-state index < -0.39 is 17.7 Å². The minimum atomic E-state index is -1.14. The molecule has 0 bridgehead atoms. The fourth-order valence-corrected chi connectivity index (χ4v) is 6.51. The molecule has 1 aliphatic carbocycles. The third-order valence-electron chi connectivity index (χ3n) is 8.02. The van der Waals surface area contributed by atoms with E-state index in [1.165, 1.54) is 11.3 Å². The lowest BCUT2D eigenvalue weighted by molar-refractivity contribution is -0.132. The zero-order valence-corrected chi connectivity index (χ0v) is 25.2. The van der Waals surface area contributed by atoms with Crippen LogP contribution in [0.2, 0.25) is 0 Å². The van der Waals surface area contributed by atoms with Crippen molar-refractivity contribution in [3.63, 3.8) is 0 Å². The lowest BCUT2D eigenvalue weighted by Gasteiger charge is -2.30. The Bertz CT molecular complexity index is 1340. The van der Waals surface area contributed by atoms with Crippen LogP contribution in [0, 0.1) is 0 Å². The maximum Gasteiger partial charge on any atom is 0.414 e. The van der Waals surface area contributed by atoms with E-state index in [1.807, 2.05) is 66.7 Å². The van der Waals surface area contributed by atoms with Crippen LogP contribution in [0.4, 0.5) is 4.79 Å². The molecule has 1 atom stereocenters. The summed E-state index contributed by atoms with van der Waals surface area (Å²) in [6.45, 7) is 4.67. The number of hydrogen-bond donors (Lipinski definition) is 3. The van der Waals surface area contributed by atoms with Gasteiger partial charge in [-0.2, -0.15) is 0 Å². The molecule has 1 saturated heterocycles. The molecule has 3 amide bonds. The molecule has 2 aliphatic rings. The molecule has 2 fully saturated rings. The minimum absolute atomic E-state index is 0.234. The van der Waals surface area contributed by atoms with E-state index in [0.29, 0.717) is 30.9 Å². The van der Waals surface area contributed by atoms with Gasteiger partial charge in [-0.15, -0.1) is 0 Å². The Balaban J connectivity index is 1.20. The van der Waals surface area contributed by atoms with E-state index >= 15 is 0 Å². The summed E-state index contributed by atoms with van der Waals surface area (Å²) < 4.78 is 11.0. The van der Waals surface area contributed by atoms with Crippen LogP contribution in [0.1, 0.15) is 37.7 Å². The van der Waals surface area contributed by atoms with Crippen LogP contribution in [-0.4, -0.2) is 73.8 Å². The van der Waals surface area contributed by atoms with Gasteiger partial charge in [-0.3, -0.25) is 14.5 Å². The maximum absolute atomic E-state index is 13.8. The van der Waals surface area contributed by atoms with Crippen LogP contribution in [0.3, 0.4) is 0 Å². The summed E-state index contributed by atoms with van der Waals surface area (Å²) in [5, 5.41) is 9.33. The summed E-state index contributed by atoms with van der Waals surface area (Å²) in [7, 11) is 0. The summed E-state index contributed by atoms with van der Waals surface area (Å²) in [5.41, 5.74) is 0.844. The lowest BCUT2D eigenvalue weighted by Crippen LogP contribution is -2.61. The van der Waals surface area contributed by atoms with E-state index in [1.54, 1.807) is 6.07 Å². The number of amides is 3. The van der Waals surface area contributed by atoms with Crippen LogP contribution in [0.5, 0.6) is 5.06 Å². The second-order valence-corrected chi connectivity index (χ2v) is 12.1. The largest absolute Gasteiger partial charge is 0.414 e. The molecule has 3 N–H and O–H groups in total. The van der Waals surface area contributed by atoms with Gasteiger partial charge in [0.2, 0.25) is 11.8 Å². The Kier molecular flexibility index (Phi) is 10.8. The van der Waals surface area contributed by atoms with Gasteiger partial charge in [0.25, 0.3) is 0 Å². The number of carbonyl (C=O) groups is 3. The molecule has 43 heavy (non-hydrogen) atoms. The molecule has 2 heterocycles. The Morgan fingerprint density at radius 1 is 0.930 bits per heavy atom. The molecule has 0 radical (unpaired) electrons. The average Bonchev–Trinajstić information content (AvgIpc) is 3.71. The SMILES string of the molecule is O=C(NC1(C(=O)NC(Cc2ccccc2)C(=O)NCCCN2CCOCC2)CCCC1)Oc1ccc(-c2ccccc2)s1. The molecule has 1 aliphatic heterocycles. The van der Waals surface area contributed by atoms with Gasteiger partial charge in [-0.25, -0.2) is 4.79 Å². The molecular formula is C33H40N4O5S. The standard InChI is InChI=1S/C33H40N4O5S/c38-30(34-18-9-19-37-20-22-41-23-21-37)27(24-25-10-3-1-4-11-25)35-31(39)33(16-7-8-17-33)36-32(40)42-29-15-14-28(43-29)26-12-5-2-6-13-26/h1-6,10-15,27H,7-9,16-24H2,(H,34,38)(H,35,39)(H,36,40). The van der Waals surface area contributed by atoms with Gasteiger partial charge in [0.1, 0.15) is 11.6 Å². The van der Waals surface area contributed by atoms with Gasteiger partial charge in [0.15, 0.2) is 5.06 Å². The quantitative estimate of drug-likeness (QED) is 0.265. The van der Waals surface area contributed by atoms with Crippen molar-refractivity contribution >= 4 is 29.2 Å². The van der Waals surface area contributed by atoms with Crippen LogP contribution in [-0.2, 0) is 20.7 Å². The number of carbonyl (C=O) groups excluding carboxylic acids is 3. The van der Waals surface area contributed by atoms with Crippen molar-refractivity contribution in [3.8, 4) is 15.5 Å². The summed E-state index contributed by atoms with van der Waals surface area (Å²) in [5.74, 6) is -0.593. The van der Waals surface area contributed by atoms with Crippen molar-refractivity contribution in [2.45, 2.75) is 50.1 Å². The Morgan fingerprint density at radius 3 is 2.35 bits per heavy atom. The van der Waals surface area contributed by atoms with E-state index in [0.717, 1.165) is 68.1 Å². The molecule has 9 nitrogen and oxygen atoms in total. The molecular weight excluding hydrogens is 564 g/mol. The minimum Gasteiger partial charge on any atom is -0.399 e. The summed E-state index contributed by atoms with van der Waals surface area (Å²) in [6.07, 6.45) is 3.03. The normalized spacial score (nSPS) is 17.1. The molecule has 0 spiro atoms. The van der Waals surface area contributed by atoms with Crippen molar-refractivity contribution in [2.75, 3.05) is 39.4 Å². The zero-order valence-electron chi connectivity index (χ0n) is 24.4. The highest BCUT2D eigenvalue weighted by Crippen LogP contribution is 2.34. The van der Waals surface area contributed by atoms with Gasteiger partial charge in [-0.1, -0.05) is 84.8 Å². The third kappa shape index (κ3) is 8.65. The number of thiophene rings is 1. The molecule has 10 heteroatoms. The highest BCUT2D eigenvalue weighted by Gasteiger charge is 2.44. The van der Waals surface area contributed by atoms with Crippen molar-refractivity contribution in [1.82, 2.24) is 20.9 Å². The first-order valence-corrected chi connectivity index (χ1v) is 15.9. The first-order valence-electron chi connectivity index (χ1n) is 15.1. The Morgan fingerprint density at radius 2 is 1.63 bits per heavy atom. The zero-order chi connectivity index (χ0) is 29.9. The number of morpholine rings is 1. The van der Waals surface area contributed by atoms with Gasteiger partial charge in [-0.05, 0) is 49.1 Å². The third-order valence-corrected chi connectivity index (χ3v) is 9.04. The summed E-state index contributed by atoms with van der Waals surface area (Å²) >= 11 is 1.37. The van der Waals surface area contributed by atoms with Gasteiger partial charge >= 0.3 is 6.09 Å². The molecule has 1 saturated carbocycles. The van der Waals surface area contributed by atoms with Gasteiger partial charge in [0.05, 0.1) is 13.2 Å². The number of benzene rings is 2. The number of nitrogens with zero attached hydrogens (tertiary/aromatic N) is 1. The van der Waals surface area contributed by atoms with Crippen molar-refractivity contribution in [2.24, 2.45) is 0 Å². The molecule has 1 unspecified atom stereocenters. The number of ether oxygens (including phenoxy) is 2. The van der Waals surface area contributed by atoms with Crippen molar-refractivity contribution in [3.05, 3.63) is 78.4 Å². The first-order chi connectivity index (χ1) is 21.0. The molecule has 228 valence electrons. The molecule has 1 aromatic heterocycles. The second kappa shape index (κ2) is 15.1. The van der Waals surface area contributed by atoms with Crippen LogP contribution in [0.15, 0.2) is 72.8 Å². The fraction of sp³-hybridized carbons (Fsp3) is 0.424. The summed E-state index contributed by atoms with van der Waals surface area (Å²) in [6, 6.07) is 22.4. The lowest BCUT2D eigenvalue weighted by atomic mass is 9.95. The number of hydrogen-bond acceptors (Lipinski definition) is 7. The maximum atomic E-state index is 13.8. The van der Waals surface area contributed by atoms with E-state index in [2.05, 4.69) is 20.9 Å². The Hall–Kier alpha value is -3.73. The van der Waals surface area contributed by atoms with Gasteiger partial charge in [0, 0.05) is 30.9 Å². The monoisotopic (exact) mass is 604 g/mol. The highest BCUT2D eigenvalue weighted by atomic mass is 32.1. The van der Waals surface area contributed by atoms with E-state index in [9.17, 15) is 14.4 Å². The highest BCUT2D eigenvalue weighted by molar-refractivity contribution is 7.17. The van der Waals surface area contributed by atoms with E-state index in [4.69, 9.17) is 9.47 Å².